The highest BCUT2D eigenvalue weighted by Crippen LogP contribution is 2.16. The first kappa shape index (κ1) is 13.0. The van der Waals surface area contributed by atoms with Gasteiger partial charge in [-0.2, -0.15) is 15.4 Å². The first-order valence-corrected chi connectivity index (χ1v) is 6.50. The van der Waals surface area contributed by atoms with Crippen molar-refractivity contribution in [2.24, 2.45) is 0 Å². The molecule has 6 nitrogen and oxygen atoms in total. The van der Waals surface area contributed by atoms with Crippen LogP contribution in [0.1, 0.15) is 42.4 Å². The van der Waals surface area contributed by atoms with E-state index in [0.717, 1.165) is 32.4 Å². The van der Waals surface area contributed by atoms with Gasteiger partial charge in [-0.3, -0.25) is 4.79 Å². The van der Waals surface area contributed by atoms with Crippen LogP contribution in [0.25, 0.3) is 0 Å². The number of aryl methyl sites for hydroxylation is 1. The number of aromatic nitrogens is 3. The third kappa shape index (κ3) is 2.87. The number of nitrogens with zero attached hydrogens (tertiary/aromatic N) is 3. The zero-order valence-corrected chi connectivity index (χ0v) is 11.0. The number of rotatable bonds is 4. The molecule has 1 unspecified atom stereocenters. The minimum atomic E-state index is -0.0500. The van der Waals surface area contributed by atoms with Crippen molar-refractivity contribution in [2.45, 2.75) is 39.2 Å². The van der Waals surface area contributed by atoms with Crippen LogP contribution in [0.4, 0.5) is 0 Å². The molecule has 1 N–H and O–H groups in total. The second-order valence-corrected chi connectivity index (χ2v) is 4.64. The highest BCUT2D eigenvalue weighted by Gasteiger charge is 2.27. The maximum absolute atomic E-state index is 12.2. The van der Waals surface area contributed by atoms with Crippen LogP contribution in [0.15, 0.2) is 0 Å². The highest BCUT2D eigenvalue weighted by molar-refractivity contribution is 5.93. The second-order valence-electron chi connectivity index (χ2n) is 4.64. The molecule has 1 aliphatic heterocycles. The van der Waals surface area contributed by atoms with Crippen LogP contribution in [0.3, 0.4) is 0 Å². The summed E-state index contributed by atoms with van der Waals surface area (Å²) in [5.74, 6) is -0.0500. The van der Waals surface area contributed by atoms with Crippen molar-refractivity contribution in [3.05, 3.63) is 11.4 Å². The highest BCUT2D eigenvalue weighted by atomic mass is 16.5. The van der Waals surface area contributed by atoms with Crippen molar-refractivity contribution < 1.29 is 9.53 Å². The maximum atomic E-state index is 12.2. The normalized spacial score (nSPS) is 20.1. The number of piperidine rings is 1. The van der Waals surface area contributed by atoms with Gasteiger partial charge in [0.05, 0.1) is 11.8 Å². The Morgan fingerprint density at radius 3 is 3.06 bits per heavy atom. The van der Waals surface area contributed by atoms with Crippen molar-refractivity contribution in [3.63, 3.8) is 0 Å². The summed E-state index contributed by atoms with van der Waals surface area (Å²) in [6.07, 6.45) is 3.18. The van der Waals surface area contributed by atoms with E-state index >= 15 is 0 Å². The van der Waals surface area contributed by atoms with Gasteiger partial charge in [-0.1, -0.05) is 6.92 Å². The second kappa shape index (κ2) is 5.95. The summed E-state index contributed by atoms with van der Waals surface area (Å²) in [5, 5.41) is 10.3. The Balaban J connectivity index is 1.96. The van der Waals surface area contributed by atoms with Crippen LogP contribution < -0.4 is 0 Å². The van der Waals surface area contributed by atoms with Gasteiger partial charge in [0.25, 0.3) is 5.91 Å². The molecular weight excluding hydrogens is 232 g/mol. The monoisotopic (exact) mass is 252 g/mol. The molecule has 18 heavy (non-hydrogen) atoms. The number of carbonyl (C=O) groups excluding carboxylic acids is 1. The summed E-state index contributed by atoms with van der Waals surface area (Å²) in [4.78, 5) is 14.1. The molecule has 100 valence electrons. The van der Waals surface area contributed by atoms with Gasteiger partial charge in [-0.15, -0.1) is 0 Å². The predicted molar refractivity (Wildman–Crippen MR) is 66.3 cm³/mol. The molecular formula is C12H20N4O2. The first-order chi connectivity index (χ1) is 8.72. The standard InChI is InChI=1S/C12H20N4O2/c1-3-7-18-10-5-4-6-16(8-10)12(17)11-9(2)13-15-14-11/h10H,3-8H2,1-2H3,(H,13,14,15). The minimum absolute atomic E-state index is 0.0500. The van der Waals surface area contributed by atoms with Crippen LogP contribution in [-0.4, -0.2) is 52.0 Å². The lowest BCUT2D eigenvalue weighted by atomic mass is 10.1. The van der Waals surface area contributed by atoms with Crippen LogP contribution in [0.2, 0.25) is 0 Å². The van der Waals surface area contributed by atoms with Gasteiger partial charge in [-0.25, -0.2) is 0 Å². The van der Waals surface area contributed by atoms with E-state index < -0.39 is 0 Å². The summed E-state index contributed by atoms with van der Waals surface area (Å²) >= 11 is 0. The van der Waals surface area contributed by atoms with Gasteiger partial charge < -0.3 is 9.64 Å². The SMILES string of the molecule is CCCOC1CCCN(C(=O)c2n[nH]nc2C)C1. The first-order valence-electron chi connectivity index (χ1n) is 6.50. The zero-order valence-electron chi connectivity index (χ0n) is 11.0. The number of amides is 1. The fraction of sp³-hybridized carbons (Fsp3) is 0.750. The quantitative estimate of drug-likeness (QED) is 0.872. The number of H-pyrrole nitrogens is 1. The molecule has 0 radical (unpaired) electrons. The molecule has 1 fully saturated rings. The van der Waals surface area contributed by atoms with E-state index in [1.54, 1.807) is 6.92 Å². The third-order valence-corrected chi connectivity index (χ3v) is 3.15. The molecule has 1 amide bonds. The number of likely N-dealkylation sites (tertiary alicyclic amines) is 1. The average molecular weight is 252 g/mol. The third-order valence-electron chi connectivity index (χ3n) is 3.15. The molecule has 1 atom stereocenters. The summed E-state index contributed by atoms with van der Waals surface area (Å²) in [5.41, 5.74) is 1.07. The Kier molecular flexibility index (Phi) is 4.30. The number of ether oxygens (including phenoxy) is 1. The molecule has 2 rings (SSSR count). The van der Waals surface area contributed by atoms with E-state index in [1.807, 2.05) is 4.90 Å². The molecule has 6 heteroatoms. The number of hydrogen-bond donors (Lipinski definition) is 1. The van der Waals surface area contributed by atoms with Crippen molar-refractivity contribution in [2.75, 3.05) is 19.7 Å². The van der Waals surface area contributed by atoms with Gasteiger partial charge >= 0.3 is 0 Å². The van der Waals surface area contributed by atoms with E-state index in [4.69, 9.17) is 4.74 Å². The van der Waals surface area contributed by atoms with Crippen LogP contribution in [0, 0.1) is 6.92 Å². The van der Waals surface area contributed by atoms with Gasteiger partial charge in [0, 0.05) is 19.7 Å². The van der Waals surface area contributed by atoms with E-state index in [-0.39, 0.29) is 12.0 Å². The van der Waals surface area contributed by atoms with E-state index in [9.17, 15) is 4.79 Å². The van der Waals surface area contributed by atoms with Crippen LogP contribution in [0.5, 0.6) is 0 Å². The largest absolute Gasteiger partial charge is 0.376 e. The molecule has 1 aromatic rings. The summed E-state index contributed by atoms with van der Waals surface area (Å²) in [6, 6.07) is 0. The lowest BCUT2D eigenvalue weighted by molar-refractivity contribution is 0.00189. The van der Waals surface area contributed by atoms with Crippen LogP contribution in [-0.2, 0) is 4.74 Å². The number of nitrogens with one attached hydrogen (secondary N) is 1. The van der Waals surface area contributed by atoms with Gasteiger partial charge in [0.15, 0.2) is 5.69 Å². The molecule has 0 aromatic carbocycles. The fourth-order valence-electron chi connectivity index (χ4n) is 2.18. The zero-order chi connectivity index (χ0) is 13.0. The van der Waals surface area contributed by atoms with Gasteiger partial charge in [-0.05, 0) is 26.2 Å². The van der Waals surface area contributed by atoms with Crippen LogP contribution >= 0.6 is 0 Å². The van der Waals surface area contributed by atoms with E-state index in [1.165, 1.54) is 0 Å². The lowest BCUT2D eigenvalue weighted by Gasteiger charge is -2.32. The van der Waals surface area contributed by atoms with Crippen molar-refractivity contribution >= 4 is 5.91 Å². The molecule has 0 saturated carbocycles. The van der Waals surface area contributed by atoms with Gasteiger partial charge in [0.2, 0.25) is 0 Å². The lowest BCUT2D eigenvalue weighted by Crippen LogP contribution is -2.43. The average Bonchev–Trinajstić information content (AvgIpc) is 2.82. The topological polar surface area (TPSA) is 71.1 Å². The Labute approximate surface area is 107 Å². The Morgan fingerprint density at radius 2 is 2.39 bits per heavy atom. The smallest absolute Gasteiger partial charge is 0.276 e. The molecule has 0 spiro atoms. The van der Waals surface area contributed by atoms with E-state index in [2.05, 4.69) is 22.3 Å². The molecule has 1 aromatic heterocycles. The van der Waals surface area contributed by atoms with E-state index in [0.29, 0.717) is 17.9 Å². The number of aromatic amines is 1. The van der Waals surface area contributed by atoms with Crippen molar-refractivity contribution in [1.29, 1.82) is 0 Å². The molecule has 0 bridgehead atoms. The van der Waals surface area contributed by atoms with Crippen molar-refractivity contribution in [3.8, 4) is 0 Å². The summed E-state index contributed by atoms with van der Waals surface area (Å²) < 4.78 is 5.72. The minimum Gasteiger partial charge on any atom is -0.376 e. The van der Waals surface area contributed by atoms with Gasteiger partial charge in [0.1, 0.15) is 0 Å². The molecule has 2 heterocycles. The number of hydrogen-bond acceptors (Lipinski definition) is 4. The number of carbonyl (C=O) groups is 1. The van der Waals surface area contributed by atoms with Crippen molar-refractivity contribution in [1.82, 2.24) is 20.3 Å². The summed E-state index contributed by atoms with van der Waals surface area (Å²) in [7, 11) is 0. The maximum Gasteiger partial charge on any atom is 0.276 e. The fourth-order valence-corrected chi connectivity index (χ4v) is 2.18. The predicted octanol–water partition coefficient (Wildman–Crippen LogP) is 1.14. The molecule has 1 saturated heterocycles. The summed E-state index contributed by atoms with van der Waals surface area (Å²) in [6.45, 7) is 6.06. The molecule has 0 aliphatic carbocycles. The molecule has 1 aliphatic rings. The Morgan fingerprint density at radius 1 is 1.56 bits per heavy atom. The Hall–Kier alpha value is -1.43. The Bertz CT molecular complexity index is 405.